The predicted molar refractivity (Wildman–Crippen MR) is 116 cm³/mol. The maximum Gasteiger partial charge on any atom is 0.261 e. The molecule has 5 heteroatoms. The van der Waals surface area contributed by atoms with Gasteiger partial charge in [0.1, 0.15) is 11.8 Å². The molecule has 0 aliphatic heterocycles. The number of benzene rings is 2. The first-order valence-electron chi connectivity index (χ1n) is 10.2. The van der Waals surface area contributed by atoms with Gasteiger partial charge in [0.05, 0.1) is 0 Å². The number of amides is 2. The number of rotatable bonds is 9. The first-order chi connectivity index (χ1) is 13.8. The Labute approximate surface area is 174 Å². The molecular weight excluding hydrogens is 364 g/mol. The second-order valence-corrected chi connectivity index (χ2v) is 7.65. The van der Waals surface area contributed by atoms with Crippen molar-refractivity contribution in [3.8, 4) is 5.75 Å². The van der Waals surface area contributed by atoms with E-state index in [0.717, 1.165) is 16.7 Å². The first-order valence-corrected chi connectivity index (χ1v) is 10.2. The zero-order chi connectivity index (χ0) is 21.4. The number of ether oxygens (including phenoxy) is 1. The molecule has 2 rings (SSSR count). The van der Waals surface area contributed by atoms with E-state index in [-0.39, 0.29) is 24.5 Å². The summed E-state index contributed by atoms with van der Waals surface area (Å²) in [5, 5.41) is 2.93. The molecule has 2 aromatic rings. The van der Waals surface area contributed by atoms with Crippen molar-refractivity contribution in [3.05, 3.63) is 65.2 Å². The van der Waals surface area contributed by atoms with Gasteiger partial charge in [0.15, 0.2) is 6.61 Å². The lowest BCUT2D eigenvalue weighted by atomic mass is 10.1. The monoisotopic (exact) mass is 396 g/mol. The molecule has 0 fully saturated rings. The number of carbonyl (C=O) groups excluding carboxylic acids is 2. The fraction of sp³-hybridized carbons (Fsp3) is 0.417. The minimum atomic E-state index is -0.549. The number of carbonyl (C=O) groups is 2. The van der Waals surface area contributed by atoms with Crippen molar-refractivity contribution in [3.63, 3.8) is 0 Å². The van der Waals surface area contributed by atoms with Crippen molar-refractivity contribution >= 4 is 11.8 Å². The zero-order valence-corrected chi connectivity index (χ0v) is 18.1. The molecule has 0 bridgehead atoms. The van der Waals surface area contributed by atoms with Crippen LogP contribution in [0.4, 0.5) is 0 Å². The van der Waals surface area contributed by atoms with Gasteiger partial charge in [-0.3, -0.25) is 9.59 Å². The summed E-state index contributed by atoms with van der Waals surface area (Å²) in [5.74, 6) is 0.328. The number of hydrogen-bond donors (Lipinski definition) is 1. The molecular formula is C24H32N2O3. The summed E-state index contributed by atoms with van der Waals surface area (Å²) < 4.78 is 5.77. The van der Waals surface area contributed by atoms with Crippen LogP contribution in [0.2, 0.25) is 0 Å². The Hall–Kier alpha value is -2.82. The lowest BCUT2D eigenvalue weighted by Gasteiger charge is -2.31. The number of nitrogens with one attached hydrogen (secondary N) is 1. The quantitative estimate of drug-likeness (QED) is 0.697. The van der Waals surface area contributed by atoms with Crippen LogP contribution < -0.4 is 10.1 Å². The number of hydrogen-bond acceptors (Lipinski definition) is 3. The maximum absolute atomic E-state index is 13.1. The van der Waals surface area contributed by atoms with Crippen LogP contribution in [0.5, 0.6) is 5.75 Å². The Morgan fingerprint density at radius 3 is 2.28 bits per heavy atom. The third kappa shape index (κ3) is 6.63. The van der Waals surface area contributed by atoms with Gasteiger partial charge >= 0.3 is 0 Å². The topological polar surface area (TPSA) is 58.6 Å². The van der Waals surface area contributed by atoms with E-state index >= 15 is 0 Å². The summed E-state index contributed by atoms with van der Waals surface area (Å²) >= 11 is 0. The highest BCUT2D eigenvalue weighted by Crippen LogP contribution is 2.18. The van der Waals surface area contributed by atoms with Gasteiger partial charge in [0.25, 0.3) is 5.91 Å². The smallest absolute Gasteiger partial charge is 0.261 e. The Morgan fingerprint density at radius 2 is 1.69 bits per heavy atom. The van der Waals surface area contributed by atoms with Gasteiger partial charge in [-0.25, -0.2) is 0 Å². The average Bonchev–Trinajstić information content (AvgIpc) is 2.68. The lowest BCUT2D eigenvalue weighted by molar-refractivity contribution is -0.143. The molecule has 0 aromatic heterocycles. The van der Waals surface area contributed by atoms with E-state index in [1.54, 1.807) is 4.90 Å². The van der Waals surface area contributed by atoms with Gasteiger partial charge in [0, 0.05) is 12.6 Å². The minimum Gasteiger partial charge on any atom is -0.484 e. The summed E-state index contributed by atoms with van der Waals surface area (Å²) in [6.45, 7) is 9.96. The molecule has 2 amide bonds. The van der Waals surface area contributed by atoms with Gasteiger partial charge in [-0.2, -0.15) is 0 Å². The molecule has 0 heterocycles. The van der Waals surface area contributed by atoms with Crippen molar-refractivity contribution in [2.75, 3.05) is 6.61 Å². The van der Waals surface area contributed by atoms with Crippen LogP contribution in [0.25, 0.3) is 0 Å². The number of para-hydroxylation sites is 1. The molecule has 5 nitrogen and oxygen atoms in total. The number of aryl methyl sites for hydroxylation is 2. The molecule has 0 aliphatic carbocycles. The van der Waals surface area contributed by atoms with E-state index in [1.807, 2.05) is 83.1 Å². The molecule has 0 aliphatic rings. The third-order valence-electron chi connectivity index (χ3n) is 4.74. The Balaban J connectivity index is 2.21. The van der Waals surface area contributed by atoms with Crippen LogP contribution in [0.1, 0.15) is 43.9 Å². The summed E-state index contributed by atoms with van der Waals surface area (Å²) in [6, 6.07) is 15.1. The normalized spacial score (nSPS) is 11.8. The van der Waals surface area contributed by atoms with Crippen molar-refractivity contribution in [2.24, 2.45) is 0 Å². The fourth-order valence-corrected chi connectivity index (χ4v) is 3.13. The van der Waals surface area contributed by atoms with Gasteiger partial charge in [-0.15, -0.1) is 0 Å². The highest BCUT2D eigenvalue weighted by molar-refractivity contribution is 5.88. The standard InChI is InChI=1S/C24H32N2O3/c1-6-21(24(28)25-17(2)3)26(15-20-13-11-18(4)12-14-20)23(27)16-29-22-10-8-7-9-19(22)5/h7-14,17,21H,6,15-16H2,1-5H3,(H,25,28). The van der Waals surface area contributed by atoms with Gasteiger partial charge < -0.3 is 15.0 Å². The van der Waals surface area contributed by atoms with Crippen LogP contribution in [0, 0.1) is 13.8 Å². The minimum absolute atomic E-state index is 0.0103. The zero-order valence-electron chi connectivity index (χ0n) is 18.1. The first kappa shape index (κ1) is 22.5. The Kier molecular flexibility index (Phi) is 8.25. The molecule has 1 atom stereocenters. The van der Waals surface area contributed by atoms with Crippen LogP contribution in [-0.2, 0) is 16.1 Å². The molecule has 1 unspecified atom stereocenters. The van der Waals surface area contributed by atoms with Crippen LogP contribution >= 0.6 is 0 Å². The van der Waals surface area contributed by atoms with Crippen LogP contribution in [-0.4, -0.2) is 35.4 Å². The summed E-state index contributed by atoms with van der Waals surface area (Å²) in [5.41, 5.74) is 3.10. The molecule has 156 valence electrons. The van der Waals surface area contributed by atoms with E-state index < -0.39 is 6.04 Å². The maximum atomic E-state index is 13.1. The van der Waals surface area contributed by atoms with Gasteiger partial charge in [0.2, 0.25) is 5.91 Å². The summed E-state index contributed by atoms with van der Waals surface area (Å²) in [4.78, 5) is 27.5. The van der Waals surface area contributed by atoms with Gasteiger partial charge in [-0.1, -0.05) is 55.0 Å². The SMILES string of the molecule is CCC(C(=O)NC(C)C)N(Cc1ccc(C)cc1)C(=O)COc1ccccc1C. The van der Waals surface area contributed by atoms with Crippen LogP contribution in [0.3, 0.4) is 0 Å². The average molecular weight is 397 g/mol. The van der Waals surface area contributed by atoms with E-state index in [1.165, 1.54) is 0 Å². The largest absolute Gasteiger partial charge is 0.484 e. The molecule has 0 spiro atoms. The van der Waals surface area contributed by atoms with Crippen molar-refractivity contribution < 1.29 is 14.3 Å². The van der Waals surface area contributed by atoms with E-state index in [0.29, 0.717) is 18.7 Å². The highest BCUT2D eigenvalue weighted by Gasteiger charge is 2.29. The molecule has 2 aromatic carbocycles. The molecule has 0 saturated carbocycles. The molecule has 1 N–H and O–H groups in total. The van der Waals surface area contributed by atoms with Crippen molar-refractivity contribution in [1.82, 2.24) is 10.2 Å². The lowest BCUT2D eigenvalue weighted by Crippen LogP contribution is -2.51. The summed E-state index contributed by atoms with van der Waals surface area (Å²) in [6.07, 6.45) is 0.528. The second-order valence-electron chi connectivity index (χ2n) is 7.65. The van der Waals surface area contributed by atoms with Crippen molar-refractivity contribution in [1.29, 1.82) is 0 Å². The van der Waals surface area contributed by atoms with Crippen LogP contribution in [0.15, 0.2) is 48.5 Å². The van der Waals surface area contributed by atoms with Gasteiger partial charge in [-0.05, 0) is 51.3 Å². The molecule has 0 saturated heterocycles. The summed E-state index contributed by atoms with van der Waals surface area (Å²) in [7, 11) is 0. The third-order valence-corrected chi connectivity index (χ3v) is 4.74. The highest BCUT2D eigenvalue weighted by atomic mass is 16.5. The second kappa shape index (κ2) is 10.6. The van der Waals surface area contributed by atoms with E-state index in [2.05, 4.69) is 5.32 Å². The molecule has 0 radical (unpaired) electrons. The Bertz CT molecular complexity index is 815. The molecule has 29 heavy (non-hydrogen) atoms. The predicted octanol–water partition coefficient (Wildman–Crippen LogP) is 4.01. The van der Waals surface area contributed by atoms with E-state index in [4.69, 9.17) is 4.74 Å². The van der Waals surface area contributed by atoms with Crippen molar-refractivity contribution in [2.45, 2.75) is 59.7 Å². The Morgan fingerprint density at radius 1 is 1.03 bits per heavy atom. The number of nitrogens with zero attached hydrogens (tertiary/aromatic N) is 1. The fourth-order valence-electron chi connectivity index (χ4n) is 3.13. The van der Waals surface area contributed by atoms with E-state index in [9.17, 15) is 9.59 Å².